The van der Waals surface area contributed by atoms with E-state index >= 15 is 0 Å². The third kappa shape index (κ3) is 9.87. The van der Waals surface area contributed by atoms with Gasteiger partial charge in [0.1, 0.15) is 5.75 Å². The molecule has 2 heteroatoms. The fourth-order valence-corrected chi connectivity index (χ4v) is 6.03. The first-order valence-electron chi connectivity index (χ1n) is 17.8. The van der Waals surface area contributed by atoms with Crippen LogP contribution in [0.15, 0.2) is 182 Å². The van der Waals surface area contributed by atoms with Crippen molar-refractivity contribution in [2.45, 2.75) is 20.3 Å². The van der Waals surface area contributed by atoms with E-state index in [1.807, 2.05) is 12.1 Å². The molecule has 7 aromatic rings. The average molecular weight is 676 g/mol. The van der Waals surface area contributed by atoms with Gasteiger partial charge in [-0.2, -0.15) is 0 Å². The van der Waals surface area contributed by atoms with Gasteiger partial charge in [0.15, 0.2) is 0 Å². The van der Waals surface area contributed by atoms with Crippen molar-refractivity contribution in [2.75, 3.05) is 12.0 Å². The molecule has 256 valence electrons. The van der Waals surface area contributed by atoms with E-state index < -0.39 is 0 Å². The van der Waals surface area contributed by atoms with Gasteiger partial charge < -0.3 is 9.64 Å². The highest BCUT2D eigenvalue weighted by Crippen LogP contribution is 2.34. The fourth-order valence-electron chi connectivity index (χ4n) is 6.03. The lowest BCUT2D eigenvalue weighted by molar-refractivity contribution is 0.413. The number of hydrogen-bond acceptors (Lipinski definition) is 2. The quantitative estimate of drug-likeness (QED) is 0.134. The molecule has 7 rings (SSSR count). The summed E-state index contributed by atoms with van der Waals surface area (Å²) in [6.45, 7) is 4.25. The summed E-state index contributed by atoms with van der Waals surface area (Å²) in [5, 5.41) is 0. The molecule has 7 aromatic carbocycles. The molecule has 0 N–H and O–H groups in total. The summed E-state index contributed by atoms with van der Waals surface area (Å²) in [7, 11) is 1.73. The molecule has 0 saturated carbocycles. The number of aryl methyl sites for hydroxylation is 2. The maximum absolute atomic E-state index is 5.75. The number of methoxy groups -OCH3 is 1. The van der Waals surface area contributed by atoms with Gasteiger partial charge in [-0.1, -0.05) is 163 Å². The van der Waals surface area contributed by atoms with Gasteiger partial charge in [-0.3, -0.25) is 0 Å². The number of hydrogen-bond donors (Lipinski definition) is 0. The first kappa shape index (κ1) is 35.4. The molecular weight excluding hydrogens is 631 g/mol. The highest BCUT2D eigenvalue weighted by Gasteiger charge is 2.11. The predicted molar refractivity (Wildman–Crippen MR) is 224 cm³/mol. The summed E-state index contributed by atoms with van der Waals surface area (Å²) < 4.78 is 5.75. The summed E-state index contributed by atoms with van der Waals surface area (Å²) in [6, 6.07) is 63.5. The molecule has 0 unspecified atom stereocenters. The standard InChI is InChI=1S/C37H33NO.C13H12/c1-28-14-16-30(17-15-28)18-22-32-27-37(39-3)33(26-29(32)2)23-19-31-20-24-36(25-21-31)38(34-10-6-4-7-11-34)35-12-8-5-9-13-35;1-3-7-12(8-4-1)11-13-9-5-2-6-10-13/h4-27H,1-3H3;1-10H,11H2/b22-18+,23-19+;. The van der Waals surface area contributed by atoms with Crippen LogP contribution in [0.25, 0.3) is 24.3 Å². The van der Waals surface area contributed by atoms with E-state index in [4.69, 9.17) is 4.74 Å². The van der Waals surface area contributed by atoms with Crippen molar-refractivity contribution >= 4 is 41.4 Å². The van der Waals surface area contributed by atoms with Gasteiger partial charge in [0.2, 0.25) is 0 Å². The van der Waals surface area contributed by atoms with E-state index in [0.29, 0.717) is 0 Å². The number of nitrogens with zero attached hydrogens (tertiary/aromatic N) is 1. The Morgan fingerprint density at radius 3 is 1.35 bits per heavy atom. The third-order valence-electron chi connectivity index (χ3n) is 8.88. The molecule has 2 nitrogen and oxygen atoms in total. The number of anilines is 3. The molecule has 52 heavy (non-hydrogen) atoms. The minimum atomic E-state index is 0.858. The lowest BCUT2D eigenvalue weighted by atomic mass is 10.0. The van der Waals surface area contributed by atoms with E-state index in [-0.39, 0.29) is 0 Å². The van der Waals surface area contributed by atoms with Gasteiger partial charge in [-0.05, 0) is 102 Å². The van der Waals surface area contributed by atoms with Gasteiger partial charge in [-0.25, -0.2) is 0 Å². The largest absolute Gasteiger partial charge is 0.496 e. The first-order chi connectivity index (χ1) is 25.6. The number of benzene rings is 7. The van der Waals surface area contributed by atoms with Crippen molar-refractivity contribution in [2.24, 2.45) is 0 Å². The van der Waals surface area contributed by atoms with Gasteiger partial charge in [0.25, 0.3) is 0 Å². The van der Waals surface area contributed by atoms with Crippen molar-refractivity contribution < 1.29 is 4.74 Å². The van der Waals surface area contributed by atoms with Crippen LogP contribution >= 0.6 is 0 Å². The van der Waals surface area contributed by atoms with Gasteiger partial charge in [0, 0.05) is 22.6 Å². The van der Waals surface area contributed by atoms with Crippen LogP contribution in [-0.4, -0.2) is 7.11 Å². The molecule has 0 aromatic heterocycles. The fraction of sp³-hybridized carbons (Fsp3) is 0.0800. The maximum atomic E-state index is 5.75. The Bertz CT molecular complexity index is 2090. The Balaban J connectivity index is 0.000000299. The normalized spacial score (nSPS) is 10.9. The van der Waals surface area contributed by atoms with Crippen LogP contribution in [-0.2, 0) is 6.42 Å². The molecule has 0 radical (unpaired) electrons. The van der Waals surface area contributed by atoms with Gasteiger partial charge >= 0.3 is 0 Å². The van der Waals surface area contributed by atoms with E-state index in [9.17, 15) is 0 Å². The Labute approximate surface area is 309 Å². The predicted octanol–water partition coefficient (Wildman–Crippen LogP) is 13.4. The van der Waals surface area contributed by atoms with E-state index in [0.717, 1.165) is 45.9 Å². The van der Waals surface area contributed by atoms with Crippen molar-refractivity contribution in [3.8, 4) is 5.75 Å². The molecule has 0 heterocycles. The number of rotatable bonds is 10. The summed E-state index contributed by atoms with van der Waals surface area (Å²) in [4.78, 5) is 2.27. The molecule has 0 aliphatic heterocycles. The summed E-state index contributed by atoms with van der Waals surface area (Å²) in [5.41, 5.74) is 13.1. The highest BCUT2D eigenvalue weighted by atomic mass is 16.5. The van der Waals surface area contributed by atoms with Crippen LogP contribution in [0.2, 0.25) is 0 Å². The van der Waals surface area contributed by atoms with E-state index in [1.54, 1.807) is 7.11 Å². The van der Waals surface area contributed by atoms with Crippen LogP contribution in [0, 0.1) is 13.8 Å². The number of para-hydroxylation sites is 2. The third-order valence-corrected chi connectivity index (χ3v) is 8.88. The summed E-state index contributed by atoms with van der Waals surface area (Å²) in [5.74, 6) is 0.858. The van der Waals surface area contributed by atoms with Crippen molar-refractivity contribution in [1.82, 2.24) is 0 Å². The zero-order chi connectivity index (χ0) is 36.0. The highest BCUT2D eigenvalue weighted by molar-refractivity contribution is 5.80. The SMILES string of the molecule is COc1cc(/C=C/c2ccc(C)cc2)c(C)cc1/C=C/c1ccc(N(c2ccccc2)c2ccccc2)cc1.c1ccc(Cc2ccccc2)cc1. The van der Waals surface area contributed by atoms with Gasteiger partial charge in [0.05, 0.1) is 7.11 Å². The van der Waals surface area contributed by atoms with Crippen molar-refractivity contribution in [3.05, 3.63) is 226 Å². The van der Waals surface area contributed by atoms with Crippen LogP contribution in [0.1, 0.15) is 44.5 Å². The van der Waals surface area contributed by atoms with Crippen molar-refractivity contribution in [1.29, 1.82) is 0 Å². The smallest absolute Gasteiger partial charge is 0.126 e. The Morgan fingerprint density at radius 2 is 0.865 bits per heavy atom. The number of ether oxygens (including phenoxy) is 1. The molecule has 0 bridgehead atoms. The monoisotopic (exact) mass is 675 g/mol. The topological polar surface area (TPSA) is 12.5 Å². The van der Waals surface area contributed by atoms with Gasteiger partial charge in [-0.15, -0.1) is 0 Å². The second-order valence-corrected chi connectivity index (χ2v) is 12.8. The lowest BCUT2D eigenvalue weighted by Gasteiger charge is -2.25. The zero-order valence-electron chi connectivity index (χ0n) is 30.2. The maximum Gasteiger partial charge on any atom is 0.126 e. The van der Waals surface area contributed by atoms with E-state index in [2.05, 4.69) is 213 Å². The second kappa shape index (κ2) is 18.0. The molecule has 0 atom stereocenters. The minimum absolute atomic E-state index is 0.858. The molecule has 0 aliphatic carbocycles. The Hall–Kier alpha value is -6.38. The average Bonchev–Trinajstić information content (AvgIpc) is 3.20. The summed E-state index contributed by atoms with van der Waals surface area (Å²) >= 11 is 0. The van der Waals surface area contributed by atoms with Crippen LogP contribution in [0.5, 0.6) is 5.75 Å². The second-order valence-electron chi connectivity index (χ2n) is 12.8. The molecule has 0 fully saturated rings. The molecular formula is C50H45NO. The van der Waals surface area contributed by atoms with Crippen LogP contribution in [0.3, 0.4) is 0 Å². The Morgan fingerprint density at radius 1 is 0.442 bits per heavy atom. The van der Waals surface area contributed by atoms with Crippen LogP contribution < -0.4 is 9.64 Å². The molecule has 0 spiro atoms. The van der Waals surface area contributed by atoms with Crippen LogP contribution in [0.4, 0.5) is 17.1 Å². The van der Waals surface area contributed by atoms with E-state index in [1.165, 1.54) is 27.8 Å². The molecule has 0 aliphatic rings. The summed E-state index contributed by atoms with van der Waals surface area (Å²) in [6.07, 6.45) is 9.59. The Kier molecular flexibility index (Phi) is 12.3. The minimum Gasteiger partial charge on any atom is -0.496 e. The first-order valence-corrected chi connectivity index (χ1v) is 17.8. The van der Waals surface area contributed by atoms with Crippen molar-refractivity contribution in [3.63, 3.8) is 0 Å². The zero-order valence-corrected chi connectivity index (χ0v) is 30.2. The molecule has 0 saturated heterocycles. The molecule has 0 amide bonds. The lowest BCUT2D eigenvalue weighted by Crippen LogP contribution is -2.09.